The first kappa shape index (κ1) is 22.6. The van der Waals surface area contributed by atoms with E-state index in [1.54, 1.807) is 4.90 Å². The molecule has 0 radical (unpaired) electrons. The van der Waals surface area contributed by atoms with Gasteiger partial charge in [-0.1, -0.05) is 18.2 Å². The smallest absolute Gasteiger partial charge is 0.286 e. The number of rotatable bonds is 6. The summed E-state index contributed by atoms with van der Waals surface area (Å²) >= 11 is 0. The summed E-state index contributed by atoms with van der Waals surface area (Å²) in [6, 6.07) is 17.0. The van der Waals surface area contributed by atoms with Crippen LogP contribution in [0.2, 0.25) is 0 Å². The number of amides is 2. The molecule has 0 bridgehead atoms. The van der Waals surface area contributed by atoms with Gasteiger partial charge in [-0.2, -0.15) is 5.10 Å². The number of likely N-dealkylation sites (tertiary alicyclic amines) is 1. The number of piperidine rings is 1. The summed E-state index contributed by atoms with van der Waals surface area (Å²) in [5, 5.41) is 8.17. The highest BCUT2D eigenvalue weighted by Gasteiger charge is 2.35. The van der Waals surface area contributed by atoms with Crippen molar-refractivity contribution < 1.29 is 19.1 Å². The number of hydrogen-bond acceptors (Lipinski definition) is 6. The first-order valence-corrected chi connectivity index (χ1v) is 11.8. The van der Waals surface area contributed by atoms with Gasteiger partial charge in [-0.25, -0.2) is 4.68 Å². The van der Waals surface area contributed by atoms with E-state index >= 15 is 0 Å². The number of nitrogens with zero attached hydrogens (tertiary/aromatic N) is 3. The molecule has 2 amide bonds. The van der Waals surface area contributed by atoms with Gasteiger partial charge in [0.25, 0.3) is 11.8 Å². The lowest BCUT2D eigenvalue weighted by atomic mass is 9.87. The molecule has 3 aromatic rings. The Hall–Kier alpha value is -4.14. The molecule has 2 aromatic carbocycles. The summed E-state index contributed by atoms with van der Waals surface area (Å²) in [4.78, 5) is 36.6. The number of para-hydroxylation sites is 1. The predicted molar refractivity (Wildman–Crippen MR) is 130 cm³/mol. The number of nitrogens with one attached hydrogen (secondary N) is 1. The molecule has 0 unspecified atom stereocenters. The number of anilines is 1. The average molecular weight is 474 g/mol. The third-order valence-corrected chi connectivity index (χ3v) is 6.81. The number of carbonyl (C=O) groups excluding carboxylic acids is 3. The Bertz CT molecular complexity index is 1230. The Labute approximate surface area is 202 Å². The van der Waals surface area contributed by atoms with Crippen LogP contribution in [-0.2, 0) is 9.59 Å². The summed E-state index contributed by atoms with van der Waals surface area (Å²) < 4.78 is 7.78. The summed E-state index contributed by atoms with van der Waals surface area (Å²) in [6.07, 6.45) is 2.77. The van der Waals surface area contributed by atoms with Gasteiger partial charge >= 0.3 is 0 Å². The Kier molecular flexibility index (Phi) is 6.22. The number of carbonyl (C=O) groups is 3. The van der Waals surface area contributed by atoms with Gasteiger partial charge in [0, 0.05) is 25.2 Å². The zero-order chi connectivity index (χ0) is 24.4. The van der Waals surface area contributed by atoms with Crippen molar-refractivity contribution in [3.8, 4) is 22.8 Å². The van der Waals surface area contributed by atoms with Crippen molar-refractivity contribution in [2.75, 3.05) is 25.0 Å². The number of primary amides is 1. The van der Waals surface area contributed by atoms with Gasteiger partial charge < -0.3 is 20.7 Å². The van der Waals surface area contributed by atoms with Crippen LogP contribution in [0.4, 0.5) is 5.82 Å². The highest BCUT2D eigenvalue weighted by molar-refractivity contribution is 6.23. The number of fused-ring (bicyclic) bond motifs is 1. The molecule has 3 heterocycles. The molecular weight excluding hydrogens is 446 g/mol. The maximum absolute atomic E-state index is 12.5. The fraction of sp³-hybridized carbons (Fsp3) is 0.308. The van der Waals surface area contributed by atoms with Crippen molar-refractivity contribution in [1.82, 2.24) is 14.7 Å². The third-order valence-electron chi connectivity index (χ3n) is 6.81. The number of hydrogen-bond donors (Lipinski definition) is 2. The quantitative estimate of drug-likeness (QED) is 0.419. The maximum atomic E-state index is 12.5. The first-order chi connectivity index (χ1) is 17.0. The second-order valence-electron chi connectivity index (χ2n) is 8.88. The molecule has 180 valence electrons. The number of aromatic nitrogens is 2. The van der Waals surface area contributed by atoms with E-state index in [-0.39, 0.29) is 12.0 Å². The Balaban J connectivity index is 1.41. The van der Waals surface area contributed by atoms with Gasteiger partial charge in [-0.3, -0.25) is 14.4 Å². The normalized spacial score (nSPS) is 17.8. The summed E-state index contributed by atoms with van der Waals surface area (Å²) in [5.74, 6) is 1.33. The van der Waals surface area contributed by atoms with Gasteiger partial charge in [-0.15, -0.1) is 0 Å². The van der Waals surface area contributed by atoms with Crippen LogP contribution in [0.3, 0.4) is 0 Å². The van der Waals surface area contributed by atoms with Crippen molar-refractivity contribution in [3.05, 3.63) is 60.2 Å². The lowest BCUT2D eigenvalue weighted by Crippen LogP contribution is -2.42. The summed E-state index contributed by atoms with van der Waals surface area (Å²) in [5.41, 5.74) is 7.49. The minimum atomic E-state index is -0.537. The highest BCUT2D eigenvalue weighted by Crippen LogP contribution is 2.40. The molecule has 1 fully saturated rings. The number of ether oxygens (including phenoxy) is 1. The van der Waals surface area contributed by atoms with E-state index < -0.39 is 11.8 Å². The monoisotopic (exact) mass is 473 g/mol. The zero-order valence-corrected chi connectivity index (χ0v) is 19.2. The first-order valence-electron chi connectivity index (χ1n) is 11.8. The molecule has 0 aliphatic carbocycles. The van der Waals surface area contributed by atoms with Gasteiger partial charge in [0.15, 0.2) is 0 Å². The lowest BCUT2D eigenvalue weighted by molar-refractivity contribution is -0.140. The molecule has 1 atom stereocenters. The van der Waals surface area contributed by atoms with Gasteiger partial charge in [0.2, 0.25) is 6.29 Å². The van der Waals surface area contributed by atoms with Crippen LogP contribution in [0.5, 0.6) is 11.5 Å². The Morgan fingerprint density at radius 2 is 1.69 bits per heavy atom. The predicted octanol–water partition coefficient (Wildman–Crippen LogP) is 3.24. The van der Waals surface area contributed by atoms with Crippen LogP contribution in [0, 0.1) is 5.92 Å². The topological polar surface area (TPSA) is 120 Å². The van der Waals surface area contributed by atoms with E-state index in [4.69, 9.17) is 15.6 Å². The van der Waals surface area contributed by atoms with E-state index in [9.17, 15) is 14.4 Å². The SMILES string of the molecule is NC(=O)c1c(-c2ccc(Oc3ccccc3)cc2)nn2c1NCC[C@H]2C1CCN(C(=O)C=O)CC1. The van der Waals surface area contributed by atoms with E-state index in [0.29, 0.717) is 48.7 Å². The molecule has 1 aromatic heterocycles. The van der Waals surface area contributed by atoms with Gasteiger partial charge in [-0.05, 0) is 61.6 Å². The number of aldehydes is 1. The van der Waals surface area contributed by atoms with Crippen LogP contribution in [0.15, 0.2) is 54.6 Å². The van der Waals surface area contributed by atoms with Crippen molar-refractivity contribution in [3.63, 3.8) is 0 Å². The zero-order valence-electron chi connectivity index (χ0n) is 19.2. The second kappa shape index (κ2) is 9.61. The van der Waals surface area contributed by atoms with E-state index in [1.165, 1.54) is 0 Å². The largest absolute Gasteiger partial charge is 0.457 e. The van der Waals surface area contributed by atoms with Crippen LogP contribution in [0.1, 0.15) is 35.7 Å². The molecule has 9 nitrogen and oxygen atoms in total. The fourth-order valence-electron chi connectivity index (χ4n) is 5.06. The molecule has 0 saturated carbocycles. The fourth-order valence-corrected chi connectivity index (χ4v) is 5.06. The molecule has 2 aliphatic heterocycles. The summed E-state index contributed by atoms with van der Waals surface area (Å²) in [6.45, 7) is 1.79. The van der Waals surface area contributed by atoms with Crippen LogP contribution < -0.4 is 15.8 Å². The number of nitrogens with two attached hydrogens (primary N) is 1. The Morgan fingerprint density at radius 1 is 1.00 bits per heavy atom. The molecule has 0 spiro atoms. The van der Waals surface area contributed by atoms with Crippen LogP contribution in [0.25, 0.3) is 11.3 Å². The second-order valence-corrected chi connectivity index (χ2v) is 8.88. The average Bonchev–Trinajstić information content (AvgIpc) is 3.29. The molecule has 3 N–H and O–H groups in total. The maximum Gasteiger partial charge on any atom is 0.286 e. The van der Waals surface area contributed by atoms with E-state index in [0.717, 1.165) is 30.6 Å². The standard InChI is InChI=1S/C26H27N5O4/c27-25(34)23-24(18-6-8-20(9-7-18)35-19-4-2-1-3-5-19)29-31-21(10-13-28-26(23)31)17-11-14-30(15-12-17)22(33)16-32/h1-9,16-17,21,28H,10-15H2,(H2,27,34)/t21-/m0/s1. The van der Waals surface area contributed by atoms with E-state index in [1.807, 2.05) is 59.3 Å². The van der Waals surface area contributed by atoms with Crippen molar-refractivity contribution in [1.29, 1.82) is 0 Å². The minimum Gasteiger partial charge on any atom is -0.457 e. The van der Waals surface area contributed by atoms with Crippen molar-refractivity contribution in [2.45, 2.75) is 25.3 Å². The molecular formula is C26H27N5O4. The Morgan fingerprint density at radius 3 is 2.34 bits per heavy atom. The minimum absolute atomic E-state index is 0.0762. The van der Waals surface area contributed by atoms with Crippen molar-refractivity contribution >= 4 is 23.9 Å². The molecule has 9 heteroatoms. The molecule has 35 heavy (non-hydrogen) atoms. The number of benzene rings is 2. The van der Waals surface area contributed by atoms with Crippen LogP contribution >= 0.6 is 0 Å². The third kappa shape index (κ3) is 4.49. The van der Waals surface area contributed by atoms with Gasteiger partial charge in [0.05, 0.1) is 6.04 Å². The van der Waals surface area contributed by atoms with E-state index in [2.05, 4.69) is 5.32 Å². The molecule has 5 rings (SSSR count). The van der Waals surface area contributed by atoms with Crippen molar-refractivity contribution in [2.24, 2.45) is 11.7 Å². The highest BCUT2D eigenvalue weighted by atomic mass is 16.5. The molecule has 1 saturated heterocycles. The van der Waals surface area contributed by atoms with Gasteiger partial charge in [0.1, 0.15) is 28.6 Å². The summed E-state index contributed by atoms with van der Waals surface area (Å²) in [7, 11) is 0. The molecule has 2 aliphatic rings. The van der Waals surface area contributed by atoms with Crippen LogP contribution in [-0.4, -0.2) is 52.4 Å². The lowest BCUT2D eigenvalue weighted by Gasteiger charge is -2.37.